The Bertz CT molecular complexity index is 736. The summed E-state index contributed by atoms with van der Waals surface area (Å²) in [7, 11) is 0. The number of thioether (sulfide) groups is 1. The molecule has 0 radical (unpaired) electrons. The van der Waals surface area contributed by atoms with Gasteiger partial charge in [-0.2, -0.15) is 0 Å². The van der Waals surface area contributed by atoms with Gasteiger partial charge in [-0.3, -0.25) is 9.59 Å². The van der Waals surface area contributed by atoms with Crippen LogP contribution >= 0.6 is 11.8 Å². The van der Waals surface area contributed by atoms with Crippen molar-refractivity contribution in [1.82, 2.24) is 15.2 Å². The van der Waals surface area contributed by atoms with Crippen molar-refractivity contribution in [2.75, 3.05) is 11.6 Å². The van der Waals surface area contributed by atoms with Crippen molar-refractivity contribution in [1.29, 1.82) is 0 Å². The first kappa shape index (κ1) is 16.5. The van der Waals surface area contributed by atoms with Crippen molar-refractivity contribution in [2.24, 2.45) is 0 Å². The number of hydrogen-bond donors (Lipinski definition) is 1. The minimum atomic E-state index is -0.450. The van der Waals surface area contributed by atoms with Gasteiger partial charge in [0.15, 0.2) is 0 Å². The molecule has 124 valence electrons. The van der Waals surface area contributed by atoms with E-state index in [1.807, 2.05) is 49.4 Å². The van der Waals surface area contributed by atoms with E-state index in [1.54, 1.807) is 22.7 Å². The minimum absolute atomic E-state index is 0.121. The number of carbonyl (C=O) groups excluding carboxylic acids is 2. The van der Waals surface area contributed by atoms with Crippen LogP contribution in [0, 0.1) is 6.92 Å². The molecule has 2 heterocycles. The molecule has 1 aliphatic heterocycles. The molecule has 1 N–H and O–H groups in total. The molecule has 1 aromatic carbocycles. The van der Waals surface area contributed by atoms with Gasteiger partial charge in [0.1, 0.15) is 11.7 Å². The molecule has 3 rings (SSSR count). The number of carbonyl (C=O) groups is 2. The van der Waals surface area contributed by atoms with E-state index in [4.69, 9.17) is 0 Å². The van der Waals surface area contributed by atoms with Crippen LogP contribution in [0.2, 0.25) is 0 Å². The fourth-order valence-electron chi connectivity index (χ4n) is 2.57. The lowest BCUT2D eigenvalue weighted by atomic mass is 10.2. The molecule has 5 nitrogen and oxygen atoms in total. The van der Waals surface area contributed by atoms with E-state index in [-0.39, 0.29) is 11.8 Å². The zero-order chi connectivity index (χ0) is 16.9. The molecule has 0 saturated carbocycles. The zero-order valence-electron chi connectivity index (χ0n) is 13.4. The molecule has 0 spiro atoms. The smallest absolute Gasteiger partial charge is 0.273 e. The summed E-state index contributed by atoms with van der Waals surface area (Å²) in [5.74, 6) is 0.809. The Labute approximate surface area is 145 Å². The van der Waals surface area contributed by atoms with Crippen molar-refractivity contribution in [2.45, 2.75) is 19.5 Å². The van der Waals surface area contributed by atoms with E-state index in [0.29, 0.717) is 23.9 Å². The van der Waals surface area contributed by atoms with E-state index in [9.17, 15) is 9.59 Å². The third-order valence-corrected chi connectivity index (χ3v) is 4.88. The highest BCUT2D eigenvalue weighted by Crippen LogP contribution is 2.23. The second-order valence-corrected chi connectivity index (χ2v) is 6.66. The van der Waals surface area contributed by atoms with Crippen LogP contribution in [0.25, 0.3) is 0 Å². The predicted octanol–water partition coefficient (Wildman–Crippen LogP) is 2.22. The molecule has 2 amide bonds. The topological polar surface area (TPSA) is 62.3 Å². The Morgan fingerprint density at radius 1 is 1.21 bits per heavy atom. The Morgan fingerprint density at radius 3 is 2.75 bits per heavy atom. The molecule has 1 fully saturated rings. The highest BCUT2D eigenvalue weighted by molar-refractivity contribution is 7.99. The van der Waals surface area contributed by atoms with Crippen LogP contribution < -0.4 is 5.32 Å². The van der Waals surface area contributed by atoms with Gasteiger partial charge in [0.05, 0.1) is 5.88 Å². The lowest BCUT2D eigenvalue weighted by molar-refractivity contribution is -0.124. The number of benzene rings is 1. The largest absolute Gasteiger partial charge is 0.350 e. The molecule has 0 aliphatic carbocycles. The van der Waals surface area contributed by atoms with Crippen molar-refractivity contribution < 1.29 is 9.59 Å². The average Bonchev–Trinajstić information content (AvgIpc) is 3.09. The summed E-state index contributed by atoms with van der Waals surface area (Å²) in [6.07, 6.45) is 0. The standard InChI is InChI=1S/C18H19N3O2S/c1-13-6-5-9-15(20-13)18(23)21-12-24-11-16(21)17(22)19-10-14-7-3-2-4-8-14/h2-9,16H,10-12H2,1H3,(H,19,22)/t16-/m1/s1. The van der Waals surface area contributed by atoms with Gasteiger partial charge in [-0.1, -0.05) is 36.4 Å². The summed E-state index contributed by atoms with van der Waals surface area (Å²) >= 11 is 1.58. The summed E-state index contributed by atoms with van der Waals surface area (Å²) < 4.78 is 0. The van der Waals surface area contributed by atoms with Gasteiger partial charge in [-0.25, -0.2) is 4.98 Å². The van der Waals surface area contributed by atoms with Crippen LogP contribution in [0.5, 0.6) is 0 Å². The van der Waals surface area contributed by atoms with Crippen molar-refractivity contribution in [3.05, 3.63) is 65.5 Å². The van der Waals surface area contributed by atoms with Crippen molar-refractivity contribution in [3.63, 3.8) is 0 Å². The number of aryl methyl sites for hydroxylation is 1. The van der Waals surface area contributed by atoms with Crippen molar-refractivity contribution in [3.8, 4) is 0 Å². The average molecular weight is 341 g/mol. The predicted molar refractivity (Wildman–Crippen MR) is 94.5 cm³/mol. The number of nitrogens with zero attached hydrogens (tertiary/aromatic N) is 2. The van der Waals surface area contributed by atoms with Crippen LogP contribution in [-0.2, 0) is 11.3 Å². The van der Waals surface area contributed by atoms with E-state index in [2.05, 4.69) is 10.3 Å². The van der Waals surface area contributed by atoms with E-state index in [0.717, 1.165) is 11.3 Å². The molecular weight excluding hydrogens is 322 g/mol. The van der Waals surface area contributed by atoms with Gasteiger partial charge in [0.25, 0.3) is 5.91 Å². The third-order valence-electron chi connectivity index (χ3n) is 3.86. The number of hydrogen-bond acceptors (Lipinski definition) is 4. The fraction of sp³-hybridized carbons (Fsp3) is 0.278. The summed E-state index contributed by atoms with van der Waals surface area (Å²) in [4.78, 5) is 31.0. The molecule has 0 unspecified atom stereocenters. The molecule has 2 aromatic rings. The monoisotopic (exact) mass is 341 g/mol. The summed E-state index contributed by atoms with van der Waals surface area (Å²) in [6, 6.07) is 14.6. The second kappa shape index (κ2) is 7.49. The Morgan fingerprint density at radius 2 is 2.00 bits per heavy atom. The molecule has 0 bridgehead atoms. The van der Waals surface area contributed by atoms with Crippen LogP contribution in [0.1, 0.15) is 21.7 Å². The lowest BCUT2D eigenvalue weighted by Gasteiger charge is -2.22. The Balaban J connectivity index is 1.66. The SMILES string of the molecule is Cc1cccc(C(=O)N2CSC[C@@H]2C(=O)NCc2ccccc2)n1. The quantitative estimate of drug-likeness (QED) is 0.926. The van der Waals surface area contributed by atoms with Gasteiger partial charge in [0, 0.05) is 18.0 Å². The van der Waals surface area contributed by atoms with Gasteiger partial charge < -0.3 is 10.2 Å². The first-order valence-corrected chi connectivity index (χ1v) is 8.94. The highest BCUT2D eigenvalue weighted by Gasteiger charge is 2.35. The first-order chi connectivity index (χ1) is 11.6. The van der Waals surface area contributed by atoms with Gasteiger partial charge >= 0.3 is 0 Å². The number of nitrogens with one attached hydrogen (secondary N) is 1. The van der Waals surface area contributed by atoms with Gasteiger partial charge in [0.2, 0.25) is 5.91 Å². The molecule has 1 aromatic heterocycles. The van der Waals surface area contributed by atoms with Crippen LogP contribution in [0.3, 0.4) is 0 Å². The zero-order valence-corrected chi connectivity index (χ0v) is 14.3. The van der Waals surface area contributed by atoms with Gasteiger partial charge in [-0.05, 0) is 24.6 Å². The first-order valence-electron chi connectivity index (χ1n) is 7.79. The Hall–Kier alpha value is -2.34. The molecule has 24 heavy (non-hydrogen) atoms. The number of aromatic nitrogens is 1. The Kier molecular flexibility index (Phi) is 5.15. The normalized spacial score (nSPS) is 16.9. The maximum absolute atomic E-state index is 12.7. The number of rotatable bonds is 4. The molecule has 6 heteroatoms. The van der Waals surface area contributed by atoms with Crippen LogP contribution in [-0.4, -0.2) is 39.4 Å². The van der Waals surface area contributed by atoms with Gasteiger partial charge in [-0.15, -0.1) is 11.8 Å². The second-order valence-electron chi connectivity index (χ2n) is 5.66. The van der Waals surface area contributed by atoms with E-state index >= 15 is 0 Å². The summed E-state index contributed by atoms with van der Waals surface area (Å²) in [5, 5.41) is 2.92. The fourth-order valence-corrected chi connectivity index (χ4v) is 3.73. The lowest BCUT2D eigenvalue weighted by Crippen LogP contribution is -2.47. The summed E-state index contributed by atoms with van der Waals surface area (Å²) in [5.41, 5.74) is 2.21. The number of pyridine rings is 1. The maximum atomic E-state index is 12.7. The molecule has 1 aliphatic rings. The molecule has 1 atom stereocenters. The third kappa shape index (κ3) is 3.76. The minimum Gasteiger partial charge on any atom is -0.350 e. The summed E-state index contributed by atoms with van der Waals surface area (Å²) in [6.45, 7) is 2.31. The number of amides is 2. The van der Waals surface area contributed by atoms with E-state index < -0.39 is 6.04 Å². The maximum Gasteiger partial charge on any atom is 0.273 e. The van der Waals surface area contributed by atoms with E-state index in [1.165, 1.54) is 0 Å². The van der Waals surface area contributed by atoms with Crippen LogP contribution in [0.15, 0.2) is 48.5 Å². The molecule has 1 saturated heterocycles. The highest BCUT2D eigenvalue weighted by atomic mass is 32.2. The molecular formula is C18H19N3O2S. The van der Waals surface area contributed by atoms with Crippen molar-refractivity contribution >= 4 is 23.6 Å². The van der Waals surface area contributed by atoms with Crippen LogP contribution in [0.4, 0.5) is 0 Å².